The molecule has 0 aromatic heterocycles. The minimum atomic E-state index is -0.751. The van der Waals surface area contributed by atoms with Crippen molar-refractivity contribution in [2.45, 2.75) is 6.10 Å². The fourth-order valence-electron chi connectivity index (χ4n) is 0.607. The normalized spacial score (nSPS) is 12.5. The second kappa shape index (κ2) is 6.84. The van der Waals surface area contributed by atoms with E-state index in [1.54, 1.807) is 0 Å². The molecule has 0 aromatic rings. The van der Waals surface area contributed by atoms with Gasteiger partial charge in [-0.3, -0.25) is 0 Å². The van der Waals surface area contributed by atoms with Crippen LogP contribution in [0.25, 0.3) is 0 Å². The Bertz CT molecular complexity index is 131. The van der Waals surface area contributed by atoms with Gasteiger partial charge in [-0.05, 0) is 0 Å². The predicted molar refractivity (Wildman–Crippen MR) is 43.5 cm³/mol. The predicted octanol–water partition coefficient (Wildman–Crippen LogP) is -2.40. The summed E-state index contributed by atoms with van der Waals surface area (Å²) < 4.78 is 0. The minimum absolute atomic E-state index is 0.268. The maximum Gasteiger partial charge on any atom is 0.312 e. The number of primary amides is 1. The maximum atomic E-state index is 10.1. The molecule has 0 spiro atoms. The monoisotopic (exact) mass is 177 g/mol. The molecule has 72 valence electrons. The summed E-state index contributed by atoms with van der Waals surface area (Å²) >= 11 is 0. The van der Waals surface area contributed by atoms with E-state index in [9.17, 15) is 4.79 Å². The number of rotatable bonds is 6. The number of nitrogens with one attached hydrogen (secondary N) is 2. The Balaban J connectivity index is 3.05. The first-order valence-corrected chi connectivity index (χ1v) is 3.69. The number of carbonyl (C=O) groups is 1. The van der Waals surface area contributed by atoms with E-state index in [4.69, 9.17) is 15.9 Å². The number of urea groups is 1. The van der Waals surface area contributed by atoms with Gasteiger partial charge in [-0.2, -0.15) is 0 Å². The topological polar surface area (TPSA) is 108 Å². The van der Waals surface area contributed by atoms with Crippen LogP contribution in [0.4, 0.5) is 4.79 Å². The van der Waals surface area contributed by atoms with Gasteiger partial charge in [0.1, 0.15) is 0 Å². The van der Waals surface area contributed by atoms with Crippen LogP contribution in [0.2, 0.25) is 0 Å². The summed E-state index contributed by atoms with van der Waals surface area (Å²) in [6.07, 6.45) is -0.751. The first-order valence-electron chi connectivity index (χ1n) is 3.69. The van der Waals surface area contributed by atoms with Crippen LogP contribution in [0.5, 0.6) is 0 Å². The second-order valence-electron chi connectivity index (χ2n) is 2.33. The summed E-state index contributed by atoms with van der Waals surface area (Å²) in [6, 6.07) is -0.570. The SMILES string of the molecule is NC(=O)NCCNC[C@H](O)CO. The lowest BCUT2D eigenvalue weighted by Crippen LogP contribution is -2.38. The van der Waals surface area contributed by atoms with E-state index in [1.807, 2.05) is 0 Å². The fourth-order valence-corrected chi connectivity index (χ4v) is 0.607. The van der Waals surface area contributed by atoms with Crippen molar-refractivity contribution in [1.29, 1.82) is 0 Å². The molecule has 0 aliphatic carbocycles. The van der Waals surface area contributed by atoms with Crippen LogP contribution in [0, 0.1) is 0 Å². The Morgan fingerprint density at radius 1 is 1.50 bits per heavy atom. The van der Waals surface area contributed by atoms with Crippen LogP contribution in [0.15, 0.2) is 0 Å². The van der Waals surface area contributed by atoms with Gasteiger partial charge in [0.2, 0.25) is 0 Å². The molecule has 0 aliphatic rings. The highest BCUT2D eigenvalue weighted by Crippen LogP contribution is 1.74. The lowest BCUT2D eigenvalue weighted by atomic mass is 10.4. The van der Waals surface area contributed by atoms with Crippen LogP contribution in [-0.2, 0) is 0 Å². The number of aliphatic hydroxyl groups excluding tert-OH is 2. The van der Waals surface area contributed by atoms with Gasteiger partial charge in [-0.25, -0.2) is 4.79 Å². The molecule has 0 saturated heterocycles. The molecule has 0 aliphatic heterocycles. The molecule has 6 heteroatoms. The van der Waals surface area contributed by atoms with Crippen LogP contribution in [-0.4, -0.2) is 48.6 Å². The Morgan fingerprint density at radius 3 is 2.67 bits per heavy atom. The third-order valence-corrected chi connectivity index (χ3v) is 1.19. The van der Waals surface area contributed by atoms with Gasteiger partial charge >= 0.3 is 6.03 Å². The third kappa shape index (κ3) is 7.26. The highest BCUT2D eigenvalue weighted by Gasteiger charge is 1.99. The van der Waals surface area contributed by atoms with E-state index in [-0.39, 0.29) is 6.61 Å². The molecule has 0 heterocycles. The Kier molecular flexibility index (Phi) is 6.35. The van der Waals surface area contributed by atoms with Gasteiger partial charge in [0.25, 0.3) is 0 Å². The maximum absolute atomic E-state index is 10.1. The fraction of sp³-hybridized carbons (Fsp3) is 0.833. The highest BCUT2D eigenvalue weighted by molar-refractivity contribution is 5.71. The van der Waals surface area contributed by atoms with Crippen molar-refractivity contribution in [1.82, 2.24) is 10.6 Å². The summed E-state index contributed by atoms with van der Waals surface area (Å²) in [4.78, 5) is 10.1. The van der Waals surface area contributed by atoms with Crippen molar-refractivity contribution >= 4 is 6.03 Å². The molecule has 0 bridgehead atoms. The van der Waals surface area contributed by atoms with Crippen LogP contribution < -0.4 is 16.4 Å². The van der Waals surface area contributed by atoms with Gasteiger partial charge in [0.05, 0.1) is 12.7 Å². The quantitative estimate of drug-likeness (QED) is 0.291. The zero-order valence-electron chi connectivity index (χ0n) is 6.79. The van der Waals surface area contributed by atoms with Gasteiger partial charge < -0.3 is 26.6 Å². The van der Waals surface area contributed by atoms with E-state index < -0.39 is 12.1 Å². The van der Waals surface area contributed by atoms with Gasteiger partial charge in [-0.15, -0.1) is 0 Å². The smallest absolute Gasteiger partial charge is 0.312 e. The number of amides is 2. The first kappa shape index (κ1) is 11.2. The summed E-state index contributed by atoms with van der Waals surface area (Å²) in [5.41, 5.74) is 4.79. The minimum Gasteiger partial charge on any atom is -0.394 e. The third-order valence-electron chi connectivity index (χ3n) is 1.19. The first-order chi connectivity index (χ1) is 5.66. The molecule has 1 atom stereocenters. The highest BCUT2D eigenvalue weighted by atomic mass is 16.3. The Hall–Kier alpha value is -0.850. The molecule has 0 unspecified atom stereocenters. The van der Waals surface area contributed by atoms with E-state index in [2.05, 4.69) is 10.6 Å². The molecular formula is C6H15N3O3. The van der Waals surface area contributed by atoms with Crippen LogP contribution in [0.1, 0.15) is 0 Å². The Morgan fingerprint density at radius 2 is 2.17 bits per heavy atom. The molecular weight excluding hydrogens is 162 g/mol. The molecule has 0 aromatic carbocycles. The number of aliphatic hydroxyl groups is 2. The Labute approximate surface area is 70.8 Å². The lowest BCUT2D eigenvalue weighted by Gasteiger charge is -2.08. The molecule has 12 heavy (non-hydrogen) atoms. The molecule has 2 amide bonds. The number of carbonyl (C=O) groups excluding carboxylic acids is 1. The van der Waals surface area contributed by atoms with Crippen molar-refractivity contribution in [3.05, 3.63) is 0 Å². The molecule has 6 N–H and O–H groups in total. The molecule has 0 saturated carbocycles. The average Bonchev–Trinajstić information content (AvgIpc) is 2.03. The number of hydrogen-bond donors (Lipinski definition) is 5. The molecule has 0 radical (unpaired) electrons. The van der Waals surface area contributed by atoms with E-state index >= 15 is 0 Å². The molecule has 0 rings (SSSR count). The average molecular weight is 177 g/mol. The summed E-state index contributed by atoms with van der Waals surface area (Å²) in [5.74, 6) is 0. The molecule has 0 fully saturated rings. The van der Waals surface area contributed by atoms with Crippen LogP contribution >= 0.6 is 0 Å². The van der Waals surface area contributed by atoms with Crippen molar-refractivity contribution < 1.29 is 15.0 Å². The zero-order chi connectivity index (χ0) is 9.40. The van der Waals surface area contributed by atoms with Crippen molar-refractivity contribution in [2.75, 3.05) is 26.2 Å². The van der Waals surface area contributed by atoms with E-state index in [0.717, 1.165) is 0 Å². The van der Waals surface area contributed by atoms with Gasteiger partial charge in [0.15, 0.2) is 0 Å². The van der Waals surface area contributed by atoms with Crippen molar-refractivity contribution in [3.63, 3.8) is 0 Å². The largest absolute Gasteiger partial charge is 0.394 e. The summed E-state index contributed by atoms with van der Waals surface area (Å²) in [5, 5.41) is 22.4. The van der Waals surface area contributed by atoms with E-state index in [1.165, 1.54) is 0 Å². The summed E-state index contributed by atoms with van der Waals surface area (Å²) in [6.45, 7) is 0.959. The van der Waals surface area contributed by atoms with Gasteiger partial charge in [-0.1, -0.05) is 0 Å². The van der Waals surface area contributed by atoms with Crippen molar-refractivity contribution in [3.8, 4) is 0 Å². The van der Waals surface area contributed by atoms with E-state index in [0.29, 0.717) is 19.6 Å². The zero-order valence-corrected chi connectivity index (χ0v) is 6.79. The summed E-state index contributed by atoms with van der Waals surface area (Å²) in [7, 11) is 0. The number of hydrogen-bond acceptors (Lipinski definition) is 4. The van der Waals surface area contributed by atoms with Gasteiger partial charge in [0, 0.05) is 19.6 Å². The van der Waals surface area contributed by atoms with Crippen LogP contribution in [0.3, 0.4) is 0 Å². The van der Waals surface area contributed by atoms with Crippen molar-refractivity contribution in [2.24, 2.45) is 5.73 Å². The number of nitrogens with two attached hydrogens (primary N) is 1. The molecule has 6 nitrogen and oxygen atoms in total. The second-order valence-corrected chi connectivity index (χ2v) is 2.33. The standard InChI is InChI=1S/C6H15N3O3/c7-6(12)9-2-1-8-3-5(11)4-10/h5,8,10-11H,1-4H2,(H3,7,9,12)/t5-/m0/s1. The lowest BCUT2D eigenvalue weighted by molar-refractivity contribution is 0.0947.